The molecule has 1 N–H and O–H groups in total. The van der Waals surface area contributed by atoms with Crippen LogP contribution in [0.25, 0.3) is 0 Å². The molecule has 0 spiro atoms. The first-order valence-electron chi connectivity index (χ1n) is 4.20. The standard InChI is InChI=1S/C10H12FNO/c1-3-9(13)12-10-7(2)5-4-6-8(10)11/h4-6H,3H2,1-2H3,(H,12,13). The predicted octanol–water partition coefficient (Wildman–Crippen LogP) is 2.48. The Bertz CT molecular complexity index is 302. The number of rotatable bonds is 2. The fourth-order valence-electron chi connectivity index (χ4n) is 1.02. The van der Waals surface area contributed by atoms with Gasteiger partial charge >= 0.3 is 0 Å². The van der Waals surface area contributed by atoms with E-state index in [0.29, 0.717) is 6.42 Å². The van der Waals surface area contributed by atoms with E-state index in [1.54, 1.807) is 26.0 Å². The van der Waals surface area contributed by atoms with Gasteiger partial charge < -0.3 is 5.32 Å². The first kappa shape index (κ1) is 9.71. The van der Waals surface area contributed by atoms with Gasteiger partial charge in [0.1, 0.15) is 5.82 Å². The third-order valence-electron chi connectivity index (χ3n) is 1.81. The normalized spacial score (nSPS) is 9.77. The number of hydrogen-bond donors (Lipinski definition) is 1. The minimum absolute atomic E-state index is 0.173. The average Bonchev–Trinajstić information content (AvgIpc) is 2.11. The van der Waals surface area contributed by atoms with E-state index < -0.39 is 0 Å². The Balaban J connectivity index is 2.93. The summed E-state index contributed by atoms with van der Waals surface area (Å²) in [6.45, 7) is 3.49. The Kier molecular flexibility index (Phi) is 3.01. The van der Waals surface area contributed by atoms with Crippen molar-refractivity contribution in [2.45, 2.75) is 20.3 Å². The summed E-state index contributed by atoms with van der Waals surface area (Å²) in [7, 11) is 0. The lowest BCUT2D eigenvalue weighted by atomic mass is 10.2. The van der Waals surface area contributed by atoms with Crippen LogP contribution in [0.15, 0.2) is 18.2 Å². The summed E-state index contributed by atoms with van der Waals surface area (Å²) in [5.41, 5.74) is 1.02. The second-order valence-corrected chi connectivity index (χ2v) is 2.83. The zero-order valence-electron chi connectivity index (χ0n) is 7.73. The maximum Gasteiger partial charge on any atom is 0.224 e. The molecule has 1 amide bonds. The van der Waals surface area contributed by atoms with E-state index in [2.05, 4.69) is 5.32 Å². The van der Waals surface area contributed by atoms with Crippen LogP contribution in [0.4, 0.5) is 10.1 Å². The van der Waals surface area contributed by atoms with Gasteiger partial charge in [0, 0.05) is 6.42 Å². The lowest BCUT2D eigenvalue weighted by molar-refractivity contribution is -0.115. The van der Waals surface area contributed by atoms with Gasteiger partial charge in [0.2, 0.25) is 5.91 Å². The lowest BCUT2D eigenvalue weighted by Crippen LogP contribution is -2.11. The van der Waals surface area contributed by atoms with Gasteiger partial charge in [0.15, 0.2) is 0 Å². The number of anilines is 1. The quantitative estimate of drug-likeness (QED) is 0.746. The third kappa shape index (κ3) is 2.28. The molecule has 0 aliphatic heterocycles. The van der Waals surface area contributed by atoms with Gasteiger partial charge in [0.25, 0.3) is 0 Å². The molecule has 1 aromatic rings. The van der Waals surface area contributed by atoms with Gasteiger partial charge in [-0.15, -0.1) is 0 Å². The van der Waals surface area contributed by atoms with Crippen molar-refractivity contribution in [3.05, 3.63) is 29.6 Å². The fourth-order valence-corrected chi connectivity index (χ4v) is 1.02. The summed E-state index contributed by atoms with van der Waals surface area (Å²) in [4.78, 5) is 11.0. The van der Waals surface area contributed by atoms with E-state index in [4.69, 9.17) is 0 Å². The van der Waals surface area contributed by atoms with Crippen molar-refractivity contribution in [2.75, 3.05) is 5.32 Å². The van der Waals surface area contributed by atoms with Crippen LogP contribution >= 0.6 is 0 Å². The maximum atomic E-state index is 13.1. The summed E-state index contributed by atoms with van der Waals surface area (Å²) < 4.78 is 13.1. The SMILES string of the molecule is CCC(=O)Nc1c(C)cccc1F. The van der Waals surface area contributed by atoms with Crippen molar-refractivity contribution in [1.29, 1.82) is 0 Å². The molecule has 0 radical (unpaired) electrons. The Morgan fingerprint density at radius 1 is 1.54 bits per heavy atom. The maximum absolute atomic E-state index is 13.1. The number of aryl methyl sites for hydroxylation is 1. The lowest BCUT2D eigenvalue weighted by Gasteiger charge is -2.07. The molecule has 1 rings (SSSR count). The van der Waals surface area contributed by atoms with Gasteiger partial charge in [-0.25, -0.2) is 4.39 Å². The summed E-state index contributed by atoms with van der Waals surface area (Å²) in [5.74, 6) is -0.560. The Hall–Kier alpha value is -1.38. The van der Waals surface area contributed by atoms with E-state index in [1.807, 2.05) is 0 Å². The zero-order valence-corrected chi connectivity index (χ0v) is 7.73. The first-order valence-corrected chi connectivity index (χ1v) is 4.20. The Morgan fingerprint density at radius 3 is 2.77 bits per heavy atom. The van der Waals surface area contributed by atoms with Crippen LogP contribution < -0.4 is 5.32 Å². The number of benzene rings is 1. The van der Waals surface area contributed by atoms with Crippen molar-refractivity contribution >= 4 is 11.6 Å². The highest BCUT2D eigenvalue weighted by Gasteiger charge is 2.06. The van der Waals surface area contributed by atoms with Crippen LogP contribution in [0.5, 0.6) is 0 Å². The number of carbonyl (C=O) groups is 1. The van der Waals surface area contributed by atoms with Gasteiger partial charge in [-0.05, 0) is 18.6 Å². The number of nitrogens with one attached hydrogen (secondary N) is 1. The van der Waals surface area contributed by atoms with Crippen LogP contribution in [-0.2, 0) is 4.79 Å². The van der Waals surface area contributed by atoms with Gasteiger partial charge in [-0.3, -0.25) is 4.79 Å². The Morgan fingerprint density at radius 2 is 2.23 bits per heavy atom. The highest BCUT2D eigenvalue weighted by molar-refractivity contribution is 5.91. The van der Waals surface area contributed by atoms with Crippen molar-refractivity contribution in [1.82, 2.24) is 0 Å². The molecule has 0 aliphatic rings. The van der Waals surface area contributed by atoms with Crippen LogP contribution in [0.1, 0.15) is 18.9 Å². The van der Waals surface area contributed by atoms with E-state index in [-0.39, 0.29) is 17.4 Å². The molecule has 0 aliphatic carbocycles. The molecule has 13 heavy (non-hydrogen) atoms. The van der Waals surface area contributed by atoms with Crippen LogP contribution in [0, 0.1) is 12.7 Å². The molecule has 0 heterocycles. The van der Waals surface area contributed by atoms with E-state index in [9.17, 15) is 9.18 Å². The molecule has 0 atom stereocenters. The van der Waals surface area contributed by atoms with Crippen molar-refractivity contribution in [2.24, 2.45) is 0 Å². The van der Waals surface area contributed by atoms with Crippen LogP contribution in [-0.4, -0.2) is 5.91 Å². The molecule has 2 nitrogen and oxygen atoms in total. The predicted molar refractivity (Wildman–Crippen MR) is 50.1 cm³/mol. The van der Waals surface area contributed by atoms with Crippen molar-refractivity contribution in [3.8, 4) is 0 Å². The molecular formula is C10H12FNO. The topological polar surface area (TPSA) is 29.1 Å². The average molecular weight is 181 g/mol. The van der Waals surface area contributed by atoms with Crippen molar-refractivity contribution < 1.29 is 9.18 Å². The first-order chi connectivity index (χ1) is 6.15. The minimum Gasteiger partial charge on any atom is -0.323 e. The van der Waals surface area contributed by atoms with Crippen molar-refractivity contribution in [3.63, 3.8) is 0 Å². The number of para-hydroxylation sites is 1. The highest BCUT2D eigenvalue weighted by Crippen LogP contribution is 2.18. The Labute approximate surface area is 76.8 Å². The molecule has 0 aromatic heterocycles. The van der Waals surface area contributed by atoms with Crippen LogP contribution in [0.2, 0.25) is 0 Å². The second-order valence-electron chi connectivity index (χ2n) is 2.83. The zero-order chi connectivity index (χ0) is 9.84. The van der Waals surface area contributed by atoms with Gasteiger partial charge in [-0.2, -0.15) is 0 Å². The molecular weight excluding hydrogens is 169 g/mol. The van der Waals surface area contributed by atoms with Crippen LogP contribution in [0.3, 0.4) is 0 Å². The summed E-state index contributed by atoms with van der Waals surface area (Å²) in [5, 5.41) is 2.51. The molecule has 0 saturated heterocycles. The summed E-state index contributed by atoms with van der Waals surface area (Å²) in [6, 6.07) is 4.71. The van der Waals surface area contributed by atoms with E-state index in [0.717, 1.165) is 5.56 Å². The summed E-state index contributed by atoms with van der Waals surface area (Å²) in [6.07, 6.45) is 0.355. The second kappa shape index (κ2) is 4.03. The largest absolute Gasteiger partial charge is 0.323 e. The molecule has 0 fully saturated rings. The molecule has 0 bridgehead atoms. The molecule has 0 saturated carbocycles. The fraction of sp³-hybridized carbons (Fsp3) is 0.300. The molecule has 70 valence electrons. The smallest absolute Gasteiger partial charge is 0.224 e. The molecule has 0 unspecified atom stereocenters. The number of hydrogen-bond acceptors (Lipinski definition) is 1. The number of amides is 1. The highest BCUT2D eigenvalue weighted by atomic mass is 19.1. The molecule has 3 heteroatoms. The number of carbonyl (C=O) groups excluding carboxylic acids is 1. The van der Waals surface area contributed by atoms with E-state index >= 15 is 0 Å². The summed E-state index contributed by atoms with van der Waals surface area (Å²) >= 11 is 0. The van der Waals surface area contributed by atoms with Gasteiger partial charge in [-0.1, -0.05) is 19.1 Å². The number of halogens is 1. The third-order valence-corrected chi connectivity index (χ3v) is 1.81. The molecule has 1 aromatic carbocycles. The minimum atomic E-state index is -0.387. The van der Waals surface area contributed by atoms with E-state index in [1.165, 1.54) is 6.07 Å². The monoisotopic (exact) mass is 181 g/mol. The van der Waals surface area contributed by atoms with Gasteiger partial charge in [0.05, 0.1) is 5.69 Å².